The third kappa shape index (κ3) is 4.59. The number of nitrogens with one attached hydrogen (secondary N) is 1. The van der Waals surface area contributed by atoms with Crippen LogP contribution in [0.15, 0.2) is 48.5 Å². The number of hydrogen-bond acceptors (Lipinski definition) is 3. The van der Waals surface area contributed by atoms with Crippen LogP contribution in [0.25, 0.3) is 0 Å². The number of ether oxygens (including phenoxy) is 1. The van der Waals surface area contributed by atoms with E-state index in [2.05, 4.69) is 43.2 Å². The van der Waals surface area contributed by atoms with Gasteiger partial charge in [-0.25, -0.2) is 0 Å². The monoisotopic (exact) mass is 326 g/mol. The molecule has 0 saturated heterocycles. The molecule has 0 saturated carbocycles. The van der Waals surface area contributed by atoms with Gasteiger partial charge in [0.15, 0.2) is 0 Å². The molecule has 0 aromatic heterocycles. The smallest absolute Gasteiger partial charge is 0.255 e. The molecule has 2 rings (SSSR count). The average Bonchev–Trinajstić information content (AvgIpc) is 2.60. The first kappa shape index (κ1) is 18.0. The van der Waals surface area contributed by atoms with Crippen molar-refractivity contribution >= 4 is 5.91 Å². The number of para-hydroxylation sites is 1. The van der Waals surface area contributed by atoms with Gasteiger partial charge in [-0.2, -0.15) is 0 Å². The number of carbonyl (C=O) groups excluding carboxylic acids is 1. The van der Waals surface area contributed by atoms with Gasteiger partial charge in [0.1, 0.15) is 5.75 Å². The molecule has 24 heavy (non-hydrogen) atoms. The first-order chi connectivity index (χ1) is 11.5. The minimum atomic E-state index is -0.125. The molecule has 2 aromatic rings. The van der Waals surface area contributed by atoms with Crippen molar-refractivity contribution in [3.8, 4) is 5.75 Å². The van der Waals surface area contributed by atoms with E-state index in [-0.39, 0.29) is 5.91 Å². The van der Waals surface area contributed by atoms with Gasteiger partial charge in [-0.15, -0.1) is 0 Å². The van der Waals surface area contributed by atoms with Gasteiger partial charge >= 0.3 is 0 Å². The third-order valence-electron chi connectivity index (χ3n) is 4.21. The Hall–Kier alpha value is -2.33. The number of rotatable bonds is 7. The molecule has 0 heterocycles. The Morgan fingerprint density at radius 3 is 2.38 bits per heavy atom. The summed E-state index contributed by atoms with van der Waals surface area (Å²) >= 11 is 0. The van der Waals surface area contributed by atoms with Crippen LogP contribution in [0.2, 0.25) is 0 Å². The summed E-state index contributed by atoms with van der Waals surface area (Å²) in [4.78, 5) is 14.7. The number of nitrogens with zero attached hydrogens (tertiary/aromatic N) is 1. The van der Waals surface area contributed by atoms with E-state index >= 15 is 0 Å². The largest absolute Gasteiger partial charge is 0.496 e. The molecule has 4 heteroatoms. The summed E-state index contributed by atoms with van der Waals surface area (Å²) in [6, 6.07) is 15.9. The van der Waals surface area contributed by atoms with Crippen molar-refractivity contribution in [3.63, 3.8) is 0 Å². The van der Waals surface area contributed by atoms with Crippen LogP contribution in [0.3, 0.4) is 0 Å². The van der Waals surface area contributed by atoms with Crippen molar-refractivity contribution in [1.82, 2.24) is 10.2 Å². The number of amides is 1. The van der Waals surface area contributed by atoms with Gasteiger partial charge in [-0.05, 0) is 44.2 Å². The van der Waals surface area contributed by atoms with Gasteiger partial charge in [0, 0.05) is 19.1 Å². The fourth-order valence-corrected chi connectivity index (χ4v) is 2.44. The standard InChI is InChI=1S/C20H26N2O2/c1-15(2)22(3)14-17-10-6-5-9-16(17)13-21-20(23)18-11-7-8-12-19(18)24-4/h5-12,15H,13-14H2,1-4H3,(H,21,23). The highest BCUT2D eigenvalue weighted by Gasteiger charge is 2.12. The predicted molar refractivity (Wildman–Crippen MR) is 97.2 cm³/mol. The Balaban J connectivity index is 2.08. The second-order valence-electron chi connectivity index (χ2n) is 6.16. The summed E-state index contributed by atoms with van der Waals surface area (Å²) in [5.41, 5.74) is 2.92. The molecule has 0 aliphatic carbocycles. The summed E-state index contributed by atoms with van der Waals surface area (Å²) in [5.74, 6) is 0.460. The van der Waals surface area contributed by atoms with Crippen LogP contribution in [-0.2, 0) is 13.1 Å². The average molecular weight is 326 g/mol. The van der Waals surface area contributed by atoms with Gasteiger partial charge in [-0.3, -0.25) is 9.69 Å². The number of benzene rings is 2. The highest BCUT2D eigenvalue weighted by molar-refractivity contribution is 5.96. The van der Waals surface area contributed by atoms with Crippen LogP contribution in [0.1, 0.15) is 35.3 Å². The molecular weight excluding hydrogens is 300 g/mol. The molecule has 0 radical (unpaired) electrons. The molecule has 2 aromatic carbocycles. The normalized spacial score (nSPS) is 10.9. The van der Waals surface area contributed by atoms with Crippen LogP contribution >= 0.6 is 0 Å². The maximum atomic E-state index is 12.4. The third-order valence-corrected chi connectivity index (χ3v) is 4.21. The lowest BCUT2D eigenvalue weighted by Gasteiger charge is -2.22. The van der Waals surface area contributed by atoms with E-state index in [0.717, 1.165) is 12.1 Å². The molecule has 0 bridgehead atoms. The fraction of sp³-hybridized carbons (Fsp3) is 0.350. The SMILES string of the molecule is COc1ccccc1C(=O)NCc1ccccc1CN(C)C(C)C. The minimum absolute atomic E-state index is 0.125. The molecule has 1 N–H and O–H groups in total. The predicted octanol–water partition coefficient (Wildman–Crippen LogP) is 3.47. The summed E-state index contributed by atoms with van der Waals surface area (Å²) in [6.45, 7) is 5.70. The fourth-order valence-electron chi connectivity index (χ4n) is 2.44. The van der Waals surface area contributed by atoms with Crippen molar-refractivity contribution in [2.75, 3.05) is 14.2 Å². The van der Waals surface area contributed by atoms with Gasteiger partial charge in [0.2, 0.25) is 0 Å². The van der Waals surface area contributed by atoms with E-state index in [1.54, 1.807) is 19.2 Å². The van der Waals surface area contributed by atoms with Crippen LogP contribution in [0, 0.1) is 0 Å². The molecule has 0 aliphatic heterocycles. The maximum Gasteiger partial charge on any atom is 0.255 e. The number of hydrogen-bond donors (Lipinski definition) is 1. The maximum absolute atomic E-state index is 12.4. The quantitative estimate of drug-likeness (QED) is 0.847. The Kier molecular flexibility index (Phi) is 6.38. The Morgan fingerprint density at radius 2 is 1.71 bits per heavy atom. The summed E-state index contributed by atoms with van der Waals surface area (Å²) in [5, 5.41) is 3.00. The van der Waals surface area contributed by atoms with Crippen LogP contribution < -0.4 is 10.1 Å². The lowest BCUT2D eigenvalue weighted by molar-refractivity contribution is 0.0947. The van der Waals surface area contributed by atoms with Crippen LogP contribution in [-0.4, -0.2) is 31.0 Å². The second-order valence-corrected chi connectivity index (χ2v) is 6.16. The molecule has 0 unspecified atom stereocenters. The summed E-state index contributed by atoms with van der Waals surface area (Å²) in [7, 11) is 3.68. The number of methoxy groups -OCH3 is 1. The molecule has 4 nitrogen and oxygen atoms in total. The minimum Gasteiger partial charge on any atom is -0.496 e. The second kappa shape index (κ2) is 8.50. The van der Waals surface area contributed by atoms with E-state index in [1.807, 2.05) is 24.3 Å². The van der Waals surface area contributed by atoms with E-state index in [1.165, 1.54) is 5.56 Å². The number of carbonyl (C=O) groups is 1. The Labute approximate surface area is 144 Å². The van der Waals surface area contributed by atoms with Gasteiger partial charge in [0.25, 0.3) is 5.91 Å². The zero-order chi connectivity index (χ0) is 17.5. The van der Waals surface area contributed by atoms with Crippen LogP contribution in [0.5, 0.6) is 5.75 Å². The Morgan fingerprint density at radius 1 is 1.08 bits per heavy atom. The highest BCUT2D eigenvalue weighted by atomic mass is 16.5. The zero-order valence-electron chi connectivity index (χ0n) is 14.9. The van der Waals surface area contributed by atoms with E-state index in [0.29, 0.717) is 23.9 Å². The summed E-state index contributed by atoms with van der Waals surface area (Å²) in [6.07, 6.45) is 0. The molecule has 0 aliphatic rings. The van der Waals surface area contributed by atoms with Crippen LogP contribution in [0.4, 0.5) is 0 Å². The lowest BCUT2D eigenvalue weighted by atomic mass is 10.1. The molecule has 0 fully saturated rings. The van der Waals surface area contributed by atoms with Crippen molar-refractivity contribution in [2.24, 2.45) is 0 Å². The van der Waals surface area contributed by atoms with E-state index in [4.69, 9.17) is 4.74 Å². The molecule has 0 spiro atoms. The first-order valence-corrected chi connectivity index (χ1v) is 8.21. The first-order valence-electron chi connectivity index (χ1n) is 8.21. The molecular formula is C20H26N2O2. The topological polar surface area (TPSA) is 41.6 Å². The molecule has 1 amide bonds. The van der Waals surface area contributed by atoms with Crippen molar-refractivity contribution < 1.29 is 9.53 Å². The van der Waals surface area contributed by atoms with Gasteiger partial charge in [0.05, 0.1) is 12.7 Å². The van der Waals surface area contributed by atoms with Gasteiger partial charge in [-0.1, -0.05) is 36.4 Å². The zero-order valence-corrected chi connectivity index (χ0v) is 14.9. The van der Waals surface area contributed by atoms with E-state index < -0.39 is 0 Å². The Bertz CT molecular complexity index is 683. The summed E-state index contributed by atoms with van der Waals surface area (Å²) < 4.78 is 5.25. The molecule has 0 atom stereocenters. The van der Waals surface area contributed by atoms with Crippen molar-refractivity contribution in [3.05, 3.63) is 65.2 Å². The van der Waals surface area contributed by atoms with E-state index in [9.17, 15) is 4.79 Å². The van der Waals surface area contributed by atoms with Crippen molar-refractivity contribution in [2.45, 2.75) is 33.0 Å². The van der Waals surface area contributed by atoms with Crippen molar-refractivity contribution in [1.29, 1.82) is 0 Å². The molecule has 128 valence electrons. The lowest BCUT2D eigenvalue weighted by Crippen LogP contribution is -2.27. The van der Waals surface area contributed by atoms with Gasteiger partial charge < -0.3 is 10.1 Å². The highest BCUT2D eigenvalue weighted by Crippen LogP contribution is 2.18.